The van der Waals surface area contributed by atoms with Crippen molar-refractivity contribution in [1.82, 2.24) is 15.2 Å². The number of fused-ring (bicyclic) bond motifs is 2. The lowest BCUT2D eigenvalue weighted by atomic mass is 9.95. The van der Waals surface area contributed by atoms with Gasteiger partial charge in [-0.15, -0.1) is 0 Å². The zero-order valence-corrected chi connectivity index (χ0v) is 14.2. The highest BCUT2D eigenvalue weighted by atomic mass is 16.3. The van der Waals surface area contributed by atoms with Gasteiger partial charge in [0.2, 0.25) is 0 Å². The molecule has 0 unspecified atom stereocenters. The molecule has 2 aromatic carbocycles. The van der Waals surface area contributed by atoms with Crippen LogP contribution in [0.2, 0.25) is 0 Å². The van der Waals surface area contributed by atoms with Crippen molar-refractivity contribution in [2.75, 3.05) is 13.1 Å². The van der Waals surface area contributed by atoms with Gasteiger partial charge in [0.15, 0.2) is 0 Å². The molecular formula is C21H19N3O2. The van der Waals surface area contributed by atoms with Gasteiger partial charge in [-0.25, -0.2) is 0 Å². The van der Waals surface area contributed by atoms with Crippen molar-refractivity contribution in [2.45, 2.75) is 12.6 Å². The van der Waals surface area contributed by atoms with E-state index in [4.69, 9.17) is 0 Å². The highest BCUT2D eigenvalue weighted by Gasteiger charge is 2.33. The van der Waals surface area contributed by atoms with Crippen molar-refractivity contribution in [3.8, 4) is 5.75 Å². The van der Waals surface area contributed by atoms with E-state index in [-0.39, 0.29) is 17.7 Å². The second-order valence-corrected chi connectivity index (χ2v) is 6.91. The van der Waals surface area contributed by atoms with E-state index in [2.05, 4.69) is 39.5 Å². The Morgan fingerprint density at radius 1 is 1.12 bits per heavy atom. The summed E-state index contributed by atoms with van der Waals surface area (Å²) in [5, 5.41) is 14.2. The van der Waals surface area contributed by atoms with Crippen LogP contribution < -0.4 is 5.32 Å². The number of aromatic nitrogens is 1. The fraction of sp³-hybridized carbons (Fsp3) is 0.190. The Hall–Kier alpha value is -3.05. The van der Waals surface area contributed by atoms with Crippen LogP contribution in [0, 0.1) is 0 Å². The van der Waals surface area contributed by atoms with E-state index in [1.807, 2.05) is 12.1 Å². The number of benzene rings is 2. The molecule has 0 fully saturated rings. The molecule has 26 heavy (non-hydrogen) atoms. The zero-order valence-electron chi connectivity index (χ0n) is 14.2. The minimum absolute atomic E-state index is 0.0935. The summed E-state index contributed by atoms with van der Waals surface area (Å²) in [6, 6.07) is 12.9. The SMILES string of the molecule is O=C1N[C@H](c2c(CN3CC=CC3)[nH]c3ccccc23)c2cc(O)ccc21. The molecule has 1 amide bonds. The number of nitrogens with zero attached hydrogens (tertiary/aromatic N) is 1. The van der Waals surface area contributed by atoms with Crippen LogP contribution in [-0.4, -0.2) is 34.0 Å². The third-order valence-electron chi connectivity index (χ3n) is 5.26. The van der Waals surface area contributed by atoms with E-state index < -0.39 is 0 Å². The number of rotatable bonds is 3. The van der Waals surface area contributed by atoms with Gasteiger partial charge in [-0.05, 0) is 29.8 Å². The first-order valence-electron chi connectivity index (χ1n) is 8.81. The maximum Gasteiger partial charge on any atom is 0.252 e. The largest absolute Gasteiger partial charge is 0.508 e. The number of hydrogen-bond acceptors (Lipinski definition) is 3. The van der Waals surface area contributed by atoms with Gasteiger partial charge in [-0.3, -0.25) is 9.69 Å². The van der Waals surface area contributed by atoms with Crippen LogP contribution >= 0.6 is 0 Å². The van der Waals surface area contributed by atoms with Crippen LogP contribution in [0.25, 0.3) is 10.9 Å². The van der Waals surface area contributed by atoms with Gasteiger partial charge in [0, 0.05) is 47.4 Å². The van der Waals surface area contributed by atoms with E-state index in [0.717, 1.165) is 47.4 Å². The molecule has 1 atom stereocenters. The van der Waals surface area contributed by atoms with Crippen LogP contribution in [0.4, 0.5) is 0 Å². The number of amides is 1. The first kappa shape index (κ1) is 15.2. The second kappa shape index (κ2) is 5.75. The molecule has 5 heteroatoms. The monoisotopic (exact) mass is 345 g/mol. The molecular weight excluding hydrogens is 326 g/mol. The maximum absolute atomic E-state index is 12.5. The number of phenols is 1. The van der Waals surface area contributed by atoms with E-state index in [1.54, 1.807) is 18.2 Å². The molecule has 0 radical (unpaired) electrons. The summed E-state index contributed by atoms with van der Waals surface area (Å²) in [4.78, 5) is 18.3. The number of nitrogens with one attached hydrogen (secondary N) is 2. The summed E-state index contributed by atoms with van der Waals surface area (Å²) in [7, 11) is 0. The van der Waals surface area contributed by atoms with Gasteiger partial charge in [-0.2, -0.15) is 0 Å². The van der Waals surface area contributed by atoms with Gasteiger partial charge in [0.1, 0.15) is 5.75 Å². The van der Waals surface area contributed by atoms with Gasteiger partial charge < -0.3 is 15.4 Å². The molecule has 0 aliphatic carbocycles. The van der Waals surface area contributed by atoms with E-state index in [9.17, 15) is 9.90 Å². The van der Waals surface area contributed by atoms with E-state index >= 15 is 0 Å². The van der Waals surface area contributed by atoms with Gasteiger partial charge in [0.05, 0.1) is 6.04 Å². The van der Waals surface area contributed by atoms with Gasteiger partial charge in [0.25, 0.3) is 5.91 Å². The van der Waals surface area contributed by atoms with Crippen molar-refractivity contribution in [3.05, 3.63) is 77.0 Å². The summed E-state index contributed by atoms with van der Waals surface area (Å²) >= 11 is 0. The third-order valence-corrected chi connectivity index (χ3v) is 5.26. The summed E-state index contributed by atoms with van der Waals surface area (Å²) in [6.07, 6.45) is 4.35. The van der Waals surface area contributed by atoms with Crippen LogP contribution in [0.15, 0.2) is 54.6 Å². The predicted molar refractivity (Wildman–Crippen MR) is 100 cm³/mol. The van der Waals surface area contributed by atoms with E-state index in [1.165, 1.54) is 0 Å². The topological polar surface area (TPSA) is 68.4 Å². The lowest BCUT2D eigenvalue weighted by Crippen LogP contribution is -2.24. The number of H-pyrrole nitrogens is 1. The quantitative estimate of drug-likeness (QED) is 0.639. The van der Waals surface area contributed by atoms with Crippen molar-refractivity contribution >= 4 is 16.8 Å². The minimum atomic E-state index is -0.258. The molecule has 0 saturated carbocycles. The molecule has 3 heterocycles. The van der Waals surface area contributed by atoms with Gasteiger partial charge in [-0.1, -0.05) is 30.4 Å². The van der Waals surface area contributed by atoms with Crippen molar-refractivity contribution in [1.29, 1.82) is 0 Å². The maximum atomic E-state index is 12.5. The lowest BCUT2D eigenvalue weighted by molar-refractivity contribution is 0.0960. The van der Waals surface area contributed by atoms with Crippen LogP contribution in [0.3, 0.4) is 0 Å². The highest BCUT2D eigenvalue weighted by molar-refractivity contribution is 6.01. The minimum Gasteiger partial charge on any atom is -0.508 e. The lowest BCUT2D eigenvalue weighted by Gasteiger charge is -2.18. The Balaban J connectivity index is 1.66. The fourth-order valence-electron chi connectivity index (χ4n) is 4.06. The summed E-state index contributed by atoms with van der Waals surface area (Å²) in [5.41, 5.74) is 4.72. The molecule has 1 aromatic heterocycles. The molecule has 2 aliphatic rings. The number of carbonyl (C=O) groups is 1. The molecule has 0 saturated heterocycles. The van der Waals surface area contributed by atoms with Crippen molar-refractivity contribution in [3.63, 3.8) is 0 Å². The van der Waals surface area contributed by atoms with Crippen molar-refractivity contribution in [2.24, 2.45) is 0 Å². The Kier molecular flexibility index (Phi) is 3.36. The van der Waals surface area contributed by atoms with E-state index in [0.29, 0.717) is 5.56 Å². The van der Waals surface area contributed by atoms with Gasteiger partial charge >= 0.3 is 0 Å². The van der Waals surface area contributed by atoms with Crippen LogP contribution in [0.5, 0.6) is 5.75 Å². The summed E-state index contributed by atoms with van der Waals surface area (Å²) < 4.78 is 0. The first-order valence-corrected chi connectivity index (χ1v) is 8.81. The van der Waals surface area contributed by atoms with Crippen LogP contribution in [-0.2, 0) is 6.54 Å². The Morgan fingerprint density at radius 3 is 2.77 bits per heavy atom. The normalized spacial score (nSPS) is 19.2. The number of aromatic hydroxyl groups is 1. The standard InChI is InChI=1S/C21H19N3O2/c25-13-7-8-14-16(11-13)20(23-21(14)26)19-15-5-1-2-6-17(15)22-18(19)12-24-9-3-4-10-24/h1-8,11,20,22,25H,9-10,12H2,(H,23,26)/t20-/m0/s1. The third kappa shape index (κ3) is 2.32. The Morgan fingerprint density at radius 2 is 1.92 bits per heavy atom. The van der Waals surface area contributed by atoms with Crippen molar-refractivity contribution < 1.29 is 9.90 Å². The smallest absolute Gasteiger partial charge is 0.252 e. The summed E-state index contributed by atoms with van der Waals surface area (Å²) in [5.74, 6) is 0.0828. The molecule has 2 aliphatic heterocycles. The average molecular weight is 345 g/mol. The molecule has 0 bridgehead atoms. The zero-order chi connectivity index (χ0) is 17.7. The number of phenolic OH excluding ortho intramolecular Hbond substituents is 1. The number of aromatic amines is 1. The second-order valence-electron chi connectivity index (χ2n) is 6.91. The molecule has 130 valence electrons. The molecule has 3 aromatic rings. The Bertz CT molecular complexity index is 1040. The highest BCUT2D eigenvalue weighted by Crippen LogP contribution is 2.38. The number of hydrogen-bond donors (Lipinski definition) is 3. The summed E-state index contributed by atoms with van der Waals surface area (Å²) in [6.45, 7) is 2.66. The molecule has 5 nitrogen and oxygen atoms in total. The number of para-hydroxylation sites is 1. The van der Waals surface area contributed by atoms with Crippen LogP contribution in [0.1, 0.15) is 33.2 Å². The average Bonchev–Trinajstić information content (AvgIpc) is 3.33. The molecule has 3 N–H and O–H groups in total. The first-order chi connectivity index (χ1) is 12.7. The molecule has 5 rings (SSSR count). The predicted octanol–water partition coefficient (Wildman–Crippen LogP) is 3.08. The molecule has 0 spiro atoms. The fourth-order valence-corrected chi connectivity index (χ4v) is 4.06. The Labute approximate surface area is 150 Å². The number of carbonyl (C=O) groups excluding carboxylic acids is 1.